The maximum atomic E-state index is 13.0. The number of aromatic carboxylic acids is 1. The lowest BCUT2D eigenvalue weighted by Crippen LogP contribution is -2.26. The first-order valence-corrected chi connectivity index (χ1v) is 11.5. The van der Waals surface area contributed by atoms with E-state index in [2.05, 4.69) is 10.6 Å². The average molecular weight is 528 g/mol. The molecule has 3 aromatic carbocycles. The molecule has 0 saturated carbocycles. The second-order valence-corrected chi connectivity index (χ2v) is 8.68. The van der Waals surface area contributed by atoms with Crippen LogP contribution in [0, 0.1) is 23.7 Å². The predicted molar refractivity (Wildman–Crippen MR) is 145 cm³/mol. The van der Waals surface area contributed by atoms with Crippen LogP contribution in [0.25, 0.3) is 11.1 Å². The zero-order valence-electron chi connectivity index (χ0n) is 21.5. The van der Waals surface area contributed by atoms with Gasteiger partial charge in [-0.05, 0) is 54.4 Å². The third-order valence-corrected chi connectivity index (χ3v) is 5.91. The molecule has 0 aromatic heterocycles. The highest BCUT2D eigenvalue weighted by Gasteiger charge is 2.24. The fourth-order valence-corrected chi connectivity index (χ4v) is 3.89. The average Bonchev–Trinajstić information content (AvgIpc) is 2.87. The van der Waals surface area contributed by atoms with E-state index in [1.165, 1.54) is 50.1 Å². The van der Waals surface area contributed by atoms with Gasteiger partial charge in [0.15, 0.2) is 0 Å². The largest absolute Gasteiger partial charge is 0.507 e. The van der Waals surface area contributed by atoms with E-state index in [9.17, 15) is 29.4 Å². The number of aromatic hydroxyl groups is 1. The zero-order chi connectivity index (χ0) is 29.0. The Morgan fingerprint density at radius 2 is 1.64 bits per heavy atom. The minimum absolute atomic E-state index is 0.0767. The Balaban J connectivity index is 2.10. The molecular formula is C28H25N5O6. The van der Waals surface area contributed by atoms with E-state index in [0.29, 0.717) is 28.1 Å². The van der Waals surface area contributed by atoms with Gasteiger partial charge in [-0.25, -0.2) is 4.79 Å². The number of anilines is 3. The van der Waals surface area contributed by atoms with E-state index in [-0.39, 0.29) is 34.2 Å². The molecule has 0 fully saturated rings. The smallest absolute Gasteiger partial charge is 0.337 e. The first-order valence-electron chi connectivity index (χ1n) is 11.5. The Bertz CT molecular complexity index is 1590. The number of carbonyl (C=O) groups excluding carboxylic acids is 3. The number of benzene rings is 3. The zero-order valence-corrected chi connectivity index (χ0v) is 21.5. The second kappa shape index (κ2) is 11.3. The summed E-state index contributed by atoms with van der Waals surface area (Å²) in [5.74, 6) is -3.42. The Kier molecular flexibility index (Phi) is 8.11. The molecule has 3 rings (SSSR count). The van der Waals surface area contributed by atoms with Gasteiger partial charge < -0.3 is 25.7 Å². The highest BCUT2D eigenvalue weighted by molar-refractivity contribution is 6.48. The van der Waals surface area contributed by atoms with Crippen LogP contribution in [0.3, 0.4) is 0 Å². The number of nitriles is 1. The Labute approximate surface area is 223 Å². The number of phenolic OH excluding ortho intramolecular Hbond substituents is 1. The summed E-state index contributed by atoms with van der Waals surface area (Å²) < 4.78 is 0. The molecule has 0 bridgehead atoms. The quantitative estimate of drug-likeness (QED) is 0.289. The summed E-state index contributed by atoms with van der Waals surface area (Å²) >= 11 is 0. The molecule has 3 amide bonds. The molecule has 198 valence electrons. The maximum Gasteiger partial charge on any atom is 0.337 e. The number of aryl methyl sites for hydroxylation is 1. The number of rotatable bonds is 7. The minimum Gasteiger partial charge on any atom is -0.507 e. The molecule has 0 unspecified atom stereocenters. The highest BCUT2D eigenvalue weighted by Crippen LogP contribution is 2.38. The van der Waals surface area contributed by atoms with Gasteiger partial charge in [-0.1, -0.05) is 6.07 Å². The van der Waals surface area contributed by atoms with Crippen LogP contribution in [0.2, 0.25) is 0 Å². The summed E-state index contributed by atoms with van der Waals surface area (Å²) in [6.45, 7) is 4.50. The Morgan fingerprint density at radius 3 is 2.21 bits per heavy atom. The standard InChI is InChI=1S/C28H25N5O6/c1-14-9-18(31-15(2)34)6-7-19(14)20-11-22(25(36)12-24(20)33(4)16(3)35)26(30)27(37)32-23-8-5-17(13-29)10-21(23)28(38)39/h5-12,30,36H,1-4H3,(H,31,34)(H,32,37)(H,38,39). The van der Waals surface area contributed by atoms with E-state index < -0.39 is 23.3 Å². The van der Waals surface area contributed by atoms with Gasteiger partial charge in [0, 0.05) is 43.8 Å². The van der Waals surface area contributed by atoms with Crippen molar-refractivity contribution in [2.45, 2.75) is 20.8 Å². The third kappa shape index (κ3) is 6.08. The van der Waals surface area contributed by atoms with Crippen LogP contribution in [0.1, 0.15) is 40.9 Å². The third-order valence-electron chi connectivity index (χ3n) is 5.91. The molecular weight excluding hydrogens is 502 g/mol. The summed E-state index contributed by atoms with van der Waals surface area (Å²) in [6, 6.07) is 13.2. The first-order chi connectivity index (χ1) is 18.3. The van der Waals surface area contributed by atoms with Crippen molar-refractivity contribution < 1.29 is 29.4 Å². The van der Waals surface area contributed by atoms with Gasteiger partial charge >= 0.3 is 5.97 Å². The van der Waals surface area contributed by atoms with Crippen molar-refractivity contribution in [1.82, 2.24) is 0 Å². The molecule has 0 radical (unpaired) electrons. The normalized spacial score (nSPS) is 10.2. The van der Waals surface area contributed by atoms with Gasteiger partial charge in [0.05, 0.1) is 28.6 Å². The summed E-state index contributed by atoms with van der Waals surface area (Å²) in [5.41, 5.74) is 1.38. The van der Waals surface area contributed by atoms with Crippen molar-refractivity contribution in [2.24, 2.45) is 0 Å². The number of hydrogen-bond acceptors (Lipinski definition) is 7. The van der Waals surface area contributed by atoms with Crippen molar-refractivity contribution >= 4 is 46.5 Å². The number of carboxylic acid groups (broad SMARTS) is 1. The fraction of sp³-hybridized carbons (Fsp3) is 0.143. The van der Waals surface area contributed by atoms with Gasteiger partial charge in [-0.2, -0.15) is 5.26 Å². The van der Waals surface area contributed by atoms with Gasteiger partial charge in [-0.15, -0.1) is 0 Å². The minimum atomic E-state index is -1.38. The molecule has 11 heteroatoms. The molecule has 0 aliphatic heterocycles. The van der Waals surface area contributed by atoms with Crippen molar-refractivity contribution in [2.75, 3.05) is 22.6 Å². The Morgan fingerprint density at radius 1 is 0.949 bits per heavy atom. The van der Waals surface area contributed by atoms with Crippen LogP contribution in [0.4, 0.5) is 17.1 Å². The van der Waals surface area contributed by atoms with Crippen LogP contribution in [0.15, 0.2) is 48.5 Å². The van der Waals surface area contributed by atoms with Crippen LogP contribution in [-0.2, 0) is 14.4 Å². The predicted octanol–water partition coefficient (Wildman–Crippen LogP) is 3.89. The summed E-state index contributed by atoms with van der Waals surface area (Å²) in [7, 11) is 1.51. The lowest BCUT2D eigenvalue weighted by atomic mass is 9.94. The summed E-state index contributed by atoms with van der Waals surface area (Å²) in [6.07, 6.45) is 0. The molecule has 0 spiro atoms. The van der Waals surface area contributed by atoms with E-state index in [0.717, 1.165) is 6.07 Å². The van der Waals surface area contributed by atoms with Gasteiger partial charge in [0.25, 0.3) is 5.91 Å². The summed E-state index contributed by atoms with van der Waals surface area (Å²) in [4.78, 5) is 49.5. The number of hydrogen-bond donors (Lipinski definition) is 5. The van der Waals surface area contributed by atoms with E-state index in [4.69, 9.17) is 10.7 Å². The van der Waals surface area contributed by atoms with Crippen molar-refractivity contribution in [3.05, 3.63) is 70.8 Å². The second-order valence-electron chi connectivity index (χ2n) is 8.68. The molecule has 0 heterocycles. The van der Waals surface area contributed by atoms with Crippen molar-refractivity contribution in [1.29, 1.82) is 10.7 Å². The number of amides is 3. The van der Waals surface area contributed by atoms with E-state index in [1.807, 2.05) is 6.07 Å². The monoisotopic (exact) mass is 527 g/mol. The number of phenols is 1. The van der Waals surface area contributed by atoms with E-state index in [1.54, 1.807) is 25.1 Å². The van der Waals surface area contributed by atoms with Crippen LogP contribution in [-0.4, -0.2) is 46.7 Å². The van der Waals surface area contributed by atoms with Gasteiger partial charge in [-0.3, -0.25) is 19.8 Å². The first kappa shape index (κ1) is 28.1. The topological polar surface area (TPSA) is 184 Å². The lowest BCUT2D eigenvalue weighted by Gasteiger charge is -2.22. The number of nitrogens with one attached hydrogen (secondary N) is 3. The molecule has 0 aliphatic carbocycles. The lowest BCUT2D eigenvalue weighted by molar-refractivity contribution is -0.116. The number of carboxylic acids is 1. The number of nitrogens with zero attached hydrogens (tertiary/aromatic N) is 2. The highest BCUT2D eigenvalue weighted by atomic mass is 16.4. The van der Waals surface area contributed by atoms with Gasteiger partial charge in [0.1, 0.15) is 11.5 Å². The Hall–Kier alpha value is -5.50. The van der Waals surface area contributed by atoms with Crippen molar-refractivity contribution in [3.8, 4) is 22.9 Å². The SMILES string of the molecule is CC(=O)Nc1ccc(-c2cc(C(=N)C(=O)Nc3ccc(C#N)cc3C(=O)O)c(O)cc2N(C)C(C)=O)c(C)c1. The molecule has 11 nitrogen and oxygen atoms in total. The maximum absolute atomic E-state index is 13.0. The molecule has 3 aromatic rings. The van der Waals surface area contributed by atoms with Crippen LogP contribution in [0.5, 0.6) is 5.75 Å². The number of carbonyl (C=O) groups is 4. The fourth-order valence-electron chi connectivity index (χ4n) is 3.89. The summed E-state index contributed by atoms with van der Waals surface area (Å²) in [5, 5.41) is 42.8. The molecule has 0 atom stereocenters. The molecule has 0 aliphatic rings. The van der Waals surface area contributed by atoms with Crippen LogP contribution >= 0.6 is 0 Å². The van der Waals surface area contributed by atoms with Crippen molar-refractivity contribution in [3.63, 3.8) is 0 Å². The van der Waals surface area contributed by atoms with Crippen LogP contribution < -0.4 is 15.5 Å². The molecule has 5 N–H and O–H groups in total. The molecule has 39 heavy (non-hydrogen) atoms. The molecule has 0 saturated heterocycles. The van der Waals surface area contributed by atoms with E-state index >= 15 is 0 Å². The van der Waals surface area contributed by atoms with Gasteiger partial charge in [0.2, 0.25) is 11.8 Å².